The van der Waals surface area contributed by atoms with Crippen molar-refractivity contribution in [2.75, 3.05) is 29.6 Å². The van der Waals surface area contributed by atoms with Gasteiger partial charge in [-0.1, -0.05) is 35.3 Å². The molecule has 13 heteroatoms. The number of rotatable bonds is 3. The van der Waals surface area contributed by atoms with E-state index < -0.39 is 12.1 Å². The number of carbonyl (C=O) groups is 2. The van der Waals surface area contributed by atoms with Gasteiger partial charge in [0.25, 0.3) is 0 Å². The molecule has 2 fully saturated rings. The van der Waals surface area contributed by atoms with E-state index in [-0.39, 0.29) is 31.5 Å². The summed E-state index contributed by atoms with van der Waals surface area (Å²) < 4.78 is 9.87. The Bertz CT molecular complexity index is 1350. The van der Waals surface area contributed by atoms with Crippen molar-refractivity contribution in [2.24, 2.45) is 0 Å². The number of nitrogens with zero attached hydrogens (tertiary/aromatic N) is 4. The lowest BCUT2D eigenvalue weighted by Crippen LogP contribution is -2.36. The van der Waals surface area contributed by atoms with Gasteiger partial charge in [-0.2, -0.15) is 9.59 Å². The molecule has 2 aromatic carbocycles. The summed E-state index contributed by atoms with van der Waals surface area (Å²) in [7, 11) is 0. The molecule has 11 nitrogen and oxygen atoms in total. The normalized spacial score (nSPS) is 17.6. The van der Waals surface area contributed by atoms with Crippen LogP contribution in [0.5, 0.6) is 0 Å². The van der Waals surface area contributed by atoms with Crippen LogP contribution in [0.4, 0.5) is 32.3 Å². The number of carbonyl (C=O) groups excluding carboxylic acids is 4. The van der Waals surface area contributed by atoms with Crippen molar-refractivity contribution in [2.45, 2.75) is 32.9 Å². The number of cyclic esters (lactones) is 2. The van der Waals surface area contributed by atoms with Crippen molar-refractivity contribution in [1.82, 2.24) is 0 Å². The Morgan fingerprint density at radius 1 is 0.921 bits per heavy atom. The maximum Gasteiger partial charge on any atom is 0.414 e. The number of benzene rings is 2. The number of halogens is 2. The number of amides is 2. The first-order chi connectivity index (χ1) is 18.1. The molecule has 0 saturated carbocycles. The summed E-state index contributed by atoms with van der Waals surface area (Å²) in [6.45, 7) is 19.7. The minimum Gasteiger partial charge on any atom is -0.447 e. The molecule has 2 amide bonds. The van der Waals surface area contributed by atoms with E-state index in [4.69, 9.17) is 55.4 Å². The molecule has 0 bridgehead atoms. The Morgan fingerprint density at radius 3 is 1.74 bits per heavy atom. The lowest BCUT2D eigenvalue weighted by Gasteiger charge is -2.22. The van der Waals surface area contributed by atoms with Crippen LogP contribution in [-0.2, 0) is 19.1 Å². The summed E-state index contributed by atoms with van der Waals surface area (Å²) >= 11 is 12.1. The first-order valence-corrected chi connectivity index (χ1v) is 11.7. The highest BCUT2D eigenvalue weighted by molar-refractivity contribution is 6.35. The molecule has 0 aliphatic carbocycles. The van der Waals surface area contributed by atoms with Crippen LogP contribution in [0.15, 0.2) is 24.3 Å². The number of hydrogen-bond donors (Lipinski definition) is 1. The molecule has 2 aliphatic rings. The summed E-state index contributed by atoms with van der Waals surface area (Å²) in [5.74, 6) is 0. The standard InChI is InChI=1S/C12H11ClN2O3.C12H11ClN2O2.CO2/c1-7-10(4-3-9(14-2)11(7)13)15-8(5-16)6-18-12(15)17;1-7-6-17-12(16)15(7)10-5-4-9(14-3)11(13)8(10)2;2-1-3/h3-4,8,16H,5-6H2,1H3;4-5,7H,6H2,1-2H3;/t8-;7-;/m00./s1. The maximum absolute atomic E-state index is 11.7. The molecule has 38 heavy (non-hydrogen) atoms. The zero-order valence-corrected chi connectivity index (χ0v) is 22.0. The molecule has 0 aromatic heterocycles. The van der Waals surface area contributed by atoms with Crippen molar-refractivity contribution in [3.63, 3.8) is 0 Å². The van der Waals surface area contributed by atoms with Gasteiger partial charge in [0, 0.05) is 11.4 Å². The average molecular weight is 561 g/mol. The third-order valence-corrected chi connectivity index (χ3v) is 6.65. The van der Waals surface area contributed by atoms with Crippen LogP contribution in [0.1, 0.15) is 18.1 Å². The van der Waals surface area contributed by atoms with Crippen LogP contribution in [0.3, 0.4) is 0 Å². The fourth-order valence-electron chi connectivity index (χ4n) is 3.76. The van der Waals surface area contributed by atoms with Crippen molar-refractivity contribution in [3.05, 3.63) is 68.3 Å². The molecular formula is C25H22Cl2N4O7. The maximum atomic E-state index is 11.7. The zero-order chi connectivity index (χ0) is 28.6. The van der Waals surface area contributed by atoms with Gasteiger partial charge in [0.05, 0.1) is 41.9 Å². The Hall–Kier alpha value is -4.12. The third kappa shape index (κ3) is 6.23. The van der Waals surface area contributed by atoms with E-state index in [0.29, 0.717) is 45.0 Å². The first-order valence-electron chi connectivity index (χ1n) is 10.9. The van der Waals surface area contributed by atoms with Gasteiger partial charge in [0.15, 0.2) is 0 Å². The van der Waals surface area contributed by atoms with Gasteiger partial charge in [-0.3, -0.25) is 9.80 Å². The molecule has 2 saturated heterocycles. The second-order valence-corrected chi connectivity index (χ2v) is 8.73. The van der Waals surface area contributed by atoms with Crippen molar-refractivity contribution < 1.29 is 33.8 Å². The van der Waals surface area contributed by atoms with E-state index in [0.717, 1.165) is 5.56 Å². The lowest BCUT2D eigenvalue weighted by molar-refractivity contribution is -0.191. The number of aliphatic hydroxyl groups excluding tert-OH is 1. The van der Waals surface area contributed by atoms with E-state index in [1.165, 1.54) is 4.90 Å². The third-order valence-electron chi connectivity index (χ3n) is 5.69. The predicted molar refractivity (Wildman–Crippen MR) is 138 cm³/mol. The van der Waals surface area contributed by atoms with Gasteiger partial charge in [0.2, 0.25) is 11.4 Å². The molecule has 0 unspecified atom stereocenters. The van der Waals surface area contributed by atoms with Crippen LogP contribution < -0.4 is 9.80 Å². The Morgan fingerprint density at radius 2 is 1.34 bits per heavy atom. The summed E-state index contributed by atoms with van der Waals surface area (Å²) in [6, 6.07) is 6.12. The molecule has 198 valence electrons. The molecule has 4 rings (SSSR count). The monoisotopic (exact) mass is 560 g/mol. The van der Waals surface area contributed by atoms with Gasteiger partial charge >= 0.3 is 18.3 Å². The first kappa shape index (κ1) is 30.1. The molecule has 1 N–H and O–H groups in total. The van der Waals surface area contributed by atoms with E-state index in [1.807, 2.05) is 6.92 Å². The highest BCUT2D eigenvalue weighted by atomic mass is 35.5. The van der Waals surface area contributed by atoms with Gasteiger partial charge in [0.1, 0.15) is 13.2 Å². The van der Waals surface area contributed by atoms with Crippen LogP contribution >= 0.6 is 23.2 Å². The average Bonchev–Trinajstić information content (AvgIpc) is 3.44. The number of ether oxygens (including phenoxy) is 2. The van der Waals surface area contributed by atoms with E-state index in [1.54, 1.807) is 43.0 Å². The van der Waals surface area contributed by atoms with Crippen molar-refractivity contribution >= 4 is 64.3 Å². The highest BCUT2D eigenvalue weighted by Gasteiger charge is 2.35. The smallest absolute Gasteiger partial charge is 0.414 e. The summed E-state index contributed by atoms with van der Waals surface area (Å²) in [4.78, 5) is 49.0. The van der Waals surface area contributed by atoms with Crippen LogP contribution in [0.25, 0.3) is 9.69 Å². The zero-order valence-electron chi connectivity index (χ0n) is 20.5. The highest BCUT2D eigenvalue weighted by Crippen LogP contribution is 2.38. The predicted octanol–water partition coefficient (Wildman–Crippen LogP) is 5.48. The van der Waals surface area contributed by atoms with E-state index >= 15 is 0 Å². The van der Waals surface area contributed by atoms with E-state index in [9.17, 15) is 14.7 Å². The Labute approximate surface area is 228 Å². The van der Waals surface area contributed by atoms with Gasteiger partial charge < -0.3 is 14.6 Å². The summed E-state index contributed by atoms with van der Waals surface area (Å²) in [5.41, 5.74) is 3.36. The van der Waals surface area contributed by atoms with Crippen LogP contribution in [0.2, 0.25) is 10.0 Å². The van der Waals surface area contributed by atoms with Crippen molar-refractivity contribution in [3.8, 4) is 0 Å². The molecular weight excluding hydrogens is 539 g/mol. The number of hydrogen-bond acceptors (Lipinski definition) is 7. The van der Waals surface area contributed by atoms with E-state index in [2.05, 4.69) is 9.69 Å². The fourth-order valence-corrected chi connectivity index (χ4v) is 4.16. The van der Waals surface area contributed by atoms with Gasteiger partial charge in [-0.05, 0) is 44.0 Å². The number of aliphatic hydroxyl groups is 1. The van der Waals surface area contributed by atoms with Crippen LogP contribution in [-0.4, -0.2) is 55.3 Å². The van der Waals surface area contributed by atoms with Gasteiger partial charge in [-0.15, -0.1) is 0 Å². The minimum absolute atomic E-state index is 0.0175. The number of anilines is 2. The van der Waals surface area contributed by atoms with Gasteiger partial charge in [-0.25, -0.2) is 19.3 Å². The molecule has 0 spiro atoms. The Kier molecular flexibility index (Phi) is 10.6. The second kappa shape index (κ2) is 13.4. The Balaban J connectivity index is 0.000000242. The fraction of sp³-hybridized carbons (Fsp3) is 0.320. The molecule has 0 radical (unpaired) electrons. The molecule has 2 atom stereocenters. The van der Waals surface area contributed by atoms with Crippen molar-refractivity contribution in [1.29, 1.82) is 0 Å². The lowest BCUT2D eigenvalue weighted by atomic mass is 10.1. The molecule has 2 aliphatic heterocycles. The topological polar surface area (TPSA) is 122 Å². The van der Waals surface area contributed by atoms with Crippen LogP contribution in [0, 0.1) is 27.0 Å². The summed E-state index contributed by atoms with van der Waals surface area (Å²) in [5, 5.41) is 9.93. The minimum atomic E-state index is -0.510. The quantitative estimate of drug-likeness (QED) is 0.493. The molecule has 2 aromatic rings. The molecule has 2 heterocycles. The summed E-state index contributed by atoms with van der Waals surface area (Å²) in [6.07, 6.45) is -0.629. The SMILES string of the molecule is O=C=O.[C-]#[N+]c1ccc(N2C(=O)OC[C@@H]2C)c(C)c1Cl.[C-]#[N+]c1ccc(N2C(=O)OC[C@@H]2CO)c(C)c1Cl. The second-order valence-electron chi connectivity index (χ2n) is 7.97. The largest absolute Gasteiger partial charge is 0.447 e.